The number of nitrogens with zero attached hydrogens (tertiary/aromatic N) is 1. The molecule has 4 bridgehead atoms. The Balaban J connectivity index is 1.92. The van der Waals surface area contributed by atoms with Gasteiger partial charge in [0.2, 0.25) is 5.54 Å². The quantitative estimate of drug-likeness (QED) is 0.451. The minimum Gasteiger partial charge on any atom is -0.469 e. The number of nitro groups is 1. The number of carbonyl (C=O) groups is 1. The first-order valence-electron chi connectivity index (χ1n) is 7.69. The van der Waals surface area contributed by atoms with Gasteiger partial charge in [-0.3, -0.25) is 14.9 Å². The van der Waals surface area contributed by atoms with Crippen LogP contribution in [0.5, 0.6) is 0 Å². The van der Waals surface area contributed by atoms with E-state index in [0.717, 1.165) is 25.7 Å². The van der Waals surface area contributed by atoms with Crippen molar-refractivity contribution in [1.29, 1.82) is 0 Å². The fourth-order valence-electron chi connectivity index (χ4n) is 5.72. The van der Waals surface area contributed by atoms with E-state index in [1.54, 1.807) is 0 Å². The summed E-state index contributed by atoms with van der Waals surface area (Å²) in [6, 6.07) is 0. The van der Waals surface area contributed by atoms with Crippen LogP contribution < -0.4 is 0 Å². The molecule has 0 saturated heterocycles. The Morgan fingerprint density at radius 2 is 1.75 bits per heavy atom. The summed E-state index contributed by atoms with van der Waals surface area (Å²) in [5.74, 6) is 1.14. The van der Waals surface area contributed by atoms with Gasteiger partial charge in [0.25, 0.3) is 0 Å². The molecule has 0 amide bonds. The van der Waals surface area contributed by atoms with Crippen LogP contribution in [0.1, 0.15) is 45.4 Å². The molecular formula is C15H23NO4. The van der Waals surface area contributed by atoms with Gasteiger partial charge in [0, 0.05) is 22.7 Å². The summed E-state index contributed by atoms with van der Waals surface area (Å²) >= 11 is 0. The monoisotopic (exact) mass is 281 g/mol. The number of esters is 1. The van der Waals surface area contributed by atoms with Crippen molar-refractivity contribution in [2.24, 2.45) is 29.6 Å². The van der Waals surface area contributed by atoms with Crippen molar-refractivity contribution in [1.82, 2.24) is 0 Å². The molecule has 0 aromatic rings. The Kier molecular flexibility index (Phi) is 3.26. The number of rotatable bonds is 4. The van der Waals surface area contributed by atoms with E-state index in [2.05, 4.69) is 0 Å². The highest BCUT2D eigenvalue weighted by Crippen LogP contribution is 2.61. The van der Waals surface area contributed by atoms with Crippen LogP contribution >= 0.6 is 0 Å². The molecule has 0 aromatic heterocycles. The van der Waals surface area contributed by atoms with E-state index in [1.165, 1.54) is 13.5 Å². The smallest absolute Gasteiger partial charge is 0.306 e. The molecule has 1 unspecified atom stereocenters. The van der Waals surface area contributed by atoms with Gasteiger partial charge in [-0.2, -0.15) is 0 Å². The van der Waals surface area contributed by atoms with Crippen molar-refractivity contribution in [3.63, 3.8) is 0 Å². The lowest BCUT2D eigenvalue weighted by molar-refractivity contribution is -0.614. The molecule has 0 heterocycles. The number of methoxy groups -OCH3 is 1. The van der Waals surface area contributed by atoms with Gasteiger partial charge >= 0.3 is 5.97 Å². The molecule has 4 aliphatic rings. The maximum absolute atomic E-state index is 12.0. The summed E-state index contributed by atoms with van der Waals surface area (Å²) < 4.78 is 4.73. The maximum atomic E-state index is 12.0. The predicted octanol–water partition coefficient (Wildman–Crippen LogP) is 2.66. The lowest BCUT2D eigenvalue weighted by Crippen LogP contribution is -2.65. The Bertz CT molecular complexity index is 406. The van der Waals surface area contributed by atoms with Crippen molar-refractivity contribution < 1.29 is 14.5 Å². The number of hydrogen-bond acceptors (Lipinski definition) is 4. The molecule has 0 N–H and O–H groups in total. The van der Waals surface area contributed by atoms with Crippen LogP contribution in [-0.2, 0) is 9.53 Å². The normalized spacial score (nSPS) is 43.3. The molecule has 0 radical (unpaired) electrons. The van der Waals surface area contributed by atoms with Gasteiger partial charge in [-0.15, -0.1) is 0 Å². The third kappa shape index (κ3) is 1.78. The Labute approximate surface area is 119 Å². The highest BCUT2D eigenvalue weighted by atomic mass is 16.6. The van der Waals surface area contributed by atoms with Crippen LogP contribution in [-0.4, -0.2) is 23.5 Å². The van der Waals surface area contributed by atoms with Gasteiger partial charge in [-0.25, -0.2) is 0 Å². The number of ether oxygens (including phenoxy) is 1. The minimum atomic E-state index is -0.887. The van der Waals surface area contributed by atoms with E-state index in [1.807, 2.05) is 6.92 Å². The SMILES string of the molecule is COC(=O)CC(C)C1([N+](=O)[O-])C2CC3CC(C2)CC1C3. The summed E-state index contributed by atoms with van der Waals surface area (Å²) in [5.41, 5.74) is -0.887. The van der Waals surface area contributed by atoms with Gasteiger partial charge in [0.15, 0.2) is 0 Å². The van der Waals surface area contributed by atoms with Crippen LogP contribution in [0, 0.1) is 39.7 Å². The average Bonchev–Trinajstić information content (AvgIpc) is 2.37. The molecule has 4 aliphatic carbocycles. The second kappa shape index (κ2) is 4.71. The van der Waals surface area contributed by atoms with E-state index < -0.39 is 5.54 Å². The van der Waals surface area contributed by atoms with E-state index in [4.69, 9.17) is 4.74 Å². The van der Waals surface area contributed by atoms with Crippen LogP contribution in [0.2, 0.25) is 0 Å². The molecule has 0 aromatic carbocycles. The summed E-state index contributed by atoms with van der Waals surface area (Å²) in [5, 5.41) is 12.0. The zero-order chi connectivity index (χ0) is 14.5. The first-order chi connectivity index (χ1) is 9.48. The topological polar surface area (TPSA) is 69.4 Å². The third-order valence-corrected chi connectivity index (χ3v) is 6.25. The van der Waals surface area contributed by atoms with Crippen LogP contribution in [0.15, 0.2) is 0 Å². The zero-order valence-corrected chi connectivity index (χ0v) is 12.2. The maximum Gasteiger partial charge on any atom is 0.306 e. The highest BCUT2D eigenvalue weighted by molar-refractivity contribution is 5.69. The fourth-order valence-corrected chi connectivity index (χ4v) is 5.72. The van der Waals surface area contributed by atoms with Crippen molar-refractivity contribution >= 4 is 5.97 Å². The third-order valence-electron chi connectivity index (χ3n) is 6.25. The molecule has 4 saturated carbocycles. The summed E-state index contributed by atoms with van der Waals surface area (Å²) in [4.78, 5) is 23.5. The molecule has 112 valence electrons. The number of hydrogen-bond donors (Lipinski definition) is 0. The number of carbonyl (C=O) groups excluding carboxylic acids is 1. The fraction of sp³-hybridized carbons (Fsp3) is 0.933. The molecular weight excluding hydrogens is 258 g/mol. The van der Waals surface area contributed by atoms with E-state index in [9.17, 15) is 14.9 Å². The van der Waals surface area contributed by atoms with Crippen LogP contribution in [0.3, 0.4) is 0 Å². The van der Waals surface area contributed by atoms with Gasteiger partial charge < -0.3 is 4.74 Å². The van der Waals surface area contributed by atoms with Crippen molar-refractivity contribution in [3.8, 4) is 0 Å². The van der Waals surface area contributed by atoms with Crippen molar-refractivity contribution in [3.05, 3.63) is 10.1 Å². The van der Waals surface area contributed by atoms with Gasteiger partial charge in [0.05, 0.1) is 13.5 Å². The van der Waals surface area contributed by atoms with Crippen LogP contribution in [0.25, 0.3) is 0 Å². The molecule has 4 rings (SSSR count). The van der Waals surface area contributed by atoms with Gasteiger partial charge in [0.1, 0.15) is 0 Å². The summed E-state index contributed by atoms with van der Waals surface area (Å²) in [7, 11) is 1.35. The van der Waals surface area contributed by atoms with Crippen LogP contribution in [0.4, 0.5) is 0 Å². The van der Waals surface area contributed by atoms with Gasteiger partial charge in [-0.1, -0.05) is 6.92 Å². The van der Waals surface area contributed by atoms with E-state index >= 15 is 0 Å². The minimum absolute atomic E-state index is 0.0340. The molecule has 0 aliphatic heterocycles. The lowest BCUT2D eigenvalue weighted by atomic mass is 9.46. The molecule has 5 nitrogen and oxygen atoms in total. The molecule has 20 heavy (non-hydrogen) atoms. The predicted molar refractivity (Wildman–Crippen MR) is 72.6 cm³/mol. The Morgan fingerprint density at radius 1 is 1.25 bits per heavy atom. The molecule has 1 atom stereocenters. The lowest BCUT2D eigenvalue weighted by Gasteiger charge is -2.57. The standard InChI is InChI=1S/C15H23NO4/c1-9(3-14(17)20-2)15(16(18)19)12-5-10-4-11(7-12)8-13(15)6-10/h9-13H,3-8H2,1-2H3. The van der Waals surface area contributed by atoms with Gasteiger partial charge in [-0.05, 0) is 43.9 Å². The molecule has 5 heteroatoms. The largest absolute Gasteiger partial charge is 0.469 e. The Hall–Kier alpha value is -1.13. The zero-order valence-electron chi connectivity index (χ0n) is 12.2. The highest BCUT2D eigenvalue weighted by Gasteiger charge is 2.67. The summed E-state index contributed by atoms with van der Waals surface area (Å²) in [6.45, 7) is 1.88. The second-order valence-electron chi connectivity index (χ2n) is 7.13. The van der Waals surface area contributed by atoms with Crippen molar-refractivity contribution in [2.75, 3.05) is 7.11 Å². The second-order valence-corrected chi connectivity index (χ2v) is 7.13. The van der Waals surface area contributed by atoms with E-state index in [-0.39, 0.29) is 35.1 Å². The Morgan fingerprint density at radius 3 is 2.15 bits per heavy atom. The molecule has 0 spiro atoms. The summed E-state index contributed by atoms with van der Waals surface area (Å²) in [6.07, 6.45) is 5.38. The van der Waals surface area contributed by atoms with E-state index in [0.29, 0.717) is 11.8 Å². The first kappa shape index (κ1) is 13.8. The van der Waals surface area contributed by atoms with Crippen molar-refractivity contribution in [2.45, 2.75) is 51.0 Å². The first-order valence-corrected chi connectivity index (χ1v) is 7.69. The molecule has 4 fully saturated rings. The average molecular weight is 281 g/mol.